The molecule has 0 amide bonds. The molecule has 0 aromatic heterocycles. The fraction of sp³-hybridized carbons (Fsp3) is 0.778. The Bertz CT molecular complexity index is 279. The summed E-state index contributed by atoms with van der Waals surface area (Å²) in [5.74, 6) is 0. The first-order valence-electron chi connectivity index (χ1n) is 8.54. The van der Waals surface area contributed by atoms with Gasteiger partial charge in [0.15, 0.2) is 12.6 Å². The van der Waals surface area contributed by atoms with Crippen molar-refractivity contribution in [3.05, 3.63) is 23.3 Å². The van der Waals surface area contributed by atoms with Crippen LogP contribution in [0.2, 0.25) is 0 Å². The van der Waals surface area contributed by atoms with Gasteiger partial charge in [-0.3, -0.25) is 0 Å². The largest absolute Gasteiger partial charge is 0.349 e. The van der Waals surface area contributed by atoms with E-state index in [1.54, 1.807) is 0 Å². The van der Waals surface area contributed by atoms with Gasteiger partial charge >= 0.3 is 0 Å². The maximum atomic E-state index is 5.67. The van der Waals surface area contributed by atoms with Crippen LogP contribution in [0.3, 0.4) is 0 Å². The zero-order valence-electron chi connectivity index (χ0n) is 15.2. The molecule has 130 valence electrons. The highest BCUT2D eigenvalue weighted by atomic mass is 16.7. The lowest BCUT2D eigenvalue weighted by atomic mass is 10.1. The van der Waals surface area contributed by atoms with E-state index >= 15 is 0 Å². The number of ether oxygens (including phenoxy) is 4. The van der Waals surface area contributed by atoms with Crippen molar-refractivity contribution < 1.29 is 18.9 Å². The van der Waals surface area contributed by atoms with Crippen LogP contribution in [0.25, 0.3) is 0 Å². The van der Waals surface area contributed by atoms with Gasteiger partial charge in [0.1, 0.15) is 0 Å². The van der Waals surface area contributed by atoms with Crippen molar-refractivity contribution in [2.75, 3.05) is 26.4 Å². The van der Waals surface area contributed by atoms with Crippen LogP contribution < -0.4 is 0 Å². The van der Waals surface area contributed by atoms with Gasteiger partial charge in [-0.1, -0.05) is 26.0 Å². The second-order valence-electron chi connectivity index (χ2n) is 4.68. The molecule has 4 nitrogen and oxygen atoms in total. The highest BCUT2D eigenvalue weighted by molar-refractivity contribution is 5.20. The normalized spacial score (nSPS) is 13.5. The standard InChI is InChI=1S/C18H34O4/c1-7-15(17(19-9-3)20-10-4)13-14-16(8-2)18(21-11-5)22-12-6/h13-14,17-18H,7-12H2,1-6H3. The van der Waals surface area contributed by atoms with E-state index in [9.17, 15) is 0 Å². The number of hydrogen-bond acceptors (Lipinski definition) is 4. The van der Waals surface area contributed by atoms with Gasteiger partial charge in [0, 0.05) is 26.4 Å². The molecule has 0 N–H and O–H groups in total. The third-order valence-corrected chi connectivity index (χ3v) is 3.21. The summed E-state index contributed by atoms with van der Waals surface area (Å²) in [6, 6.07) is 0. The Balaban J connectivity index is 5.17. The van der Waals surface area contributed by atoms with E-state index in [1.807, 2.05) is 27.7 Å². The quantitative estimate of drug-likeness (QED) is 0.371. The highest BCUT2D eigenvalue weighted by Gasteiger charge is 2.14. The molecule has 0 heterocycles. The van der Waals surface area contributed by atoms with E-state index in [1.165, 1.54) is 0 Å². The lowest BCUT2D eigenvalue weighted by Crippen LogP contribution is -2.21. The van der Waals surface area contributed by atoms with Crippen LogP contribution in [0.4, 0.5) is 0 Å². The zero-order valence-corrected chi connectivity index (χ0v) is 15.2. The SMILES string of the molecule is CCOC(OCC)C(=CC=C(CC)C(OCC)OCC)CC. The molecule has 0 spiro atoms. The van der Waals surface area contributed by atoms with Crippen LogP contribution in [0, 0.1) is 0 Å². The van der Waals surface area contributed by atoms with Gasteiger partial charge in [0.25, 0.3) is 0 Å². The molecule has 0 atom stereocenters. The predicted octanol–water partition coefficient (Wildman–Crippen LogP) is 4.46. The van der Waals surface area contributed by atoms with Gasteiger partial charge in [-0.05, 0) is 51.7 Å². The van der Waals surface area contributed by atoms with Crippen LogP contribution in [0.15, 0.2) is 23.3 Å². The minimum Gasteiger partial charge on any atom is -0.349 e. The third-order valence-electron chi connectivity index (χ3n) is 3.21. The van der Waals surface area contributed by atoms with Crippen molar-refractivity contribution in [2.45, 2.75) is 67.0 Å². The molecular weight excluding hydrogens is 280 g/mol. The Morgan fingerprint density at radius 3 is 1.05 bits per heavy atom. The molecule has 0 saturated carbocycles. The molecule has 0 aromatic carbocycles. The molecular formula is C18H34O4. The highest BCUT2D eigenvalue weighted by Crippen LogP contribution is 2.17. The Hall–Kier alpha value is -0.680. The minimum absolute atomic E-state index is 0.271. The van der Waals surface area contributed by atoms with Crippen LogP contribution in [0.1, 0.15) is 54.4 Å². The number of hydrogen-bond donors (Lipinski definition) is 0. The molecule has 0 aliphatic rings. The molecule has 0 saturated heterocycles. The van der Waals surface area contributed by atoms with Gasteiger partial charge in [-0.15, -0.1) is 0 Å². The molecule has 0 aliphatic carbocycles. The van der Waals surface area contributed by atoms with Gasteiger partial charge in [-0.25, -0.2) is 0 Å². The van der Waals surface area contributed by atoms with E-state index in [2.05, 4.69) is 26.0 Å². The summed E-state index contributed by atoms with van der Waals surface area (Å²) in [7, 11) is 0. The lowest BCUT2D eigenvalue weighted by Gasteiger charge is -2.21. The molecule has 0 rings (SSSR count). The lowest BCUT2D eigenvalue weighted by molar-refractivity contribution is -0.113. The summed E-state index contributed by atoms with van der Waals surface area (Å²) in [6.45, 7) is 14.7. The molecule has 0 aliphatic heterocycles. The van der Waals surface area contributed by atoms with Gasteiger partial charge in [0.05, 0.1) is 0 Å². The average molecular weight is 314 g/mol. The molecule has 22 heavy (non-hydrogen) atoms. The monoisotopic (exact) mass is 314 g/mol. The number of rotatable bonds is 13. The second-order valence-corrected chi connectivity index (χ2v) is 4.68. The van der Waals surface area contributed by atoms with Gasteiger partial charge in [-0.2, -0.15) is 0 Å². The fourth-order valence-corrected chi connectivity index (χ4v) is 2.07. The van der Waals surface area contributed by atoms with Crippen molar-refractivity contribution >= 4 is 0 Å². The maximum absolute atomic E-state index is 5.67. The molecule has 0 unspecified atom stereocenters. The summed E-state index contributed by atoms with van der Waals surface area (Å²) in [6.07, 6.45) is 5.39. The summed E-state index contributed by atoms with van der Waals surface area (Å²) >= 11 is 0. The van der Waals surface area contributed by atoms with E-state index < -0.39 is 0 Å². The summed E-state index contributed by atoms with van der Waals surface area (Å²) in [5.41, 5.74) is 2.25. The first-order chi connectivity index (χ1) is 10.7. The maximum Gasteiger partial charge on any atom is 0.180 e. The van der Waals surface area contributed by atoms with Crippen LogP contribution in [0.5, 0.6) is 0 Å². The van der Waals surface area contributed by atoms with Crippen molar-refractivity contribution in [1.29, 1.82) is 0 Å². The topological polar surface area (TPSA) is 36.9 Å². The first kappa shape index (κ1) is 21.3. The van der Waals surface area contributed by atoms with Crippen molar-refractivity contribution in [1.82, 2.24) is 0 Å². The summed E-state index contributed by atoms with van der Waals surface area (Å²) in [4.78, 5) is 0. The Labute approximate surface area is 136 Å². The van der Waals surface area contributed by atoms with E-state index in [-0.39, 0.29) is 12.6 Å². The van der Waals surface area contributed by atoms with E-state index in [0.717, 1.165) is 24.0 Å². The van der Waals surface area contributed by atoms with Crippen molar-refractivity contribution in [2.24, 2.45) is 0 Å². The van der Waals surface area contributed by atoms with Gasteiger partial charge in [0.2, 0.25) is 0 Å². The number of allylic oxidation sites excluding steroid dienone is 2. The average Bonchev–Trinajstić information content (AvgIpc) is 2.52. The van der Waals surface area contributed by atoms with E-state index in [0.29, 0.717) is 26.4 Å². The molecule has 0 fully saturated rings. The second kappa shape index (κ2) is 13.9. The zero-order chi connectivity index (χ0) is 16.8. The van der Waals surface area contributed by atoms with Crippen LogP contribution >= 0.6 is 0 Å². The molecule has 4 heteroatoms. The minimum atomic E-state index is -0.271. The van der Waals surface area contributed by atoms with Crippen LogP contribution in [-0.2, 0) is 18.9 Å². The first-order valence-corrected chi connectivity index (χ1v) is 8.54. The molecule has 0 radical (unpaired) electrons. The van der Waals surface area contributed by atoms with Crippen LogP contribution in [-0.4, -0.2) is 39.0 Å². The van der Waals surface area contributed by atoms with E-state index in [4.69, 9.17) is 18.9 Å². The summed E-state index contributed by atoms with van der Waals surface area (Å²) < 4.78 is 22.7. The molecule has 0 bridgehead atoms. The van der Waals surface area contributed by atoms with Crippen molar-refractivity contribution in [3.8, 4) is 0 Å². The predicted molar refractivity (Wildman–Crippen MR) is 90.8 cm³/mol. The third kappa shape index (κ3) is 8.08. The van der Waals surface area contributed by atoms with Crippen molar-refractivity contribution in [3.63, 3.8) is 0 Å². The Morgan fingerprint density at radius 1 is 0.591 bits per heavy atom. The Morgan fingerprint density at radius 2 is 0.864 bits per heavy atom. The summed E-state index contributed by atoms with van der Waals surface area (Å²) in [5, 5.41) is 0. The Kier molecular flexibility index (Phi) is 13.5. The fourth-order valence-electron chi connectivity index (χ4n) is 2.07. The van der Waals surface area contributed by atoms with Gasteiger partial charge < -0.3 is 18.9 Å². The smallest absolute Gasteiger partial charge is 0.180 e. The molecule has 0 aromatic rings.